The van der Waals surface area contributed by atoms with Gasteiger partial charge in [-0.1, -0.05) is 0 Å². The highest BCUT2D eigenvalue weighted by atomic mass is 16.5. The smallest absolute Gasteiger partial charge is 0.286 e. The van der Waals surface area contributed by atoms with Crippen LogP contribution in [0.4, 0.5) is 0 Å². The summed E-state index contributed by atoms with van der Waals surface area (Å²) >= 11 is 0. The molecule has 3 heterocycles. The molecule has 0 aliphatic carbocycles. The molecule has 0 unspecified atom stereocenters. The largest absolute Gasteiger partial charge is 0.482 e. The first-order valence-corrected chi connectivity index (χ1v) is 7.99. The van der Waals surface area contributed by atoms with Gasteiger partial charge in [0, 0.05) is 50.8 Å². The molecule has 1 amide bonds. The van der Waals surface area contributed by atoms with Crippen molar-refractivity contribution in [1.82, 2.24) is 15.1 Å². The third-order valence-electron chi connectivity index (χ3n) is 4.66. The number of allylic oxidation sites excluding steroid dienone is 1. The van der Waals surface area contributed by atoms with Gasteiger partial charge in [0.25, 0.3) is 5.91 Å². The van der Waals surface area contributed by atoms with Crippen molar-refractivity contribution in [1.29, 1.82) is 0 Å². The van der Waals surface area contributed by atoms with Crippen LogP contribution in [-0.2, 0) is 14.3 Å². The van der Waals surface area contributed by atoms with Gasteiger partial charge in [0.15, 0.2) is 11.5 Å². The Morgan fingerprint density at radius 1 is 1.36 bits per heavy atom. The first-order chi connectivity index (χ1) is 10.3. The number of carbonyl (C=O) groups excluding carboxylic acids is 2. The Morgan fingerprint density at radius 2 is 2.14 bits per heavy atom. The maximum absolute atomic E-state index is 12.4. The molecule has 0 aromatic rings. The number of amides is 1. The molecule has 6 nitrogen and oxygen atoms in total. The van der Waals surface area contributed by atoms with Gasteiger partial charge >= 0.3 is 0 Å². The van der Waals surface area contributed by atoms with E-state index < -0.39 is 5.60 Å². The van der Waals surface area contributed by atoms with Gasteiger partial charge in [-0.05, 0) is 27.3 Å². The van der Waals surface area contributed by atoms with E-state index in [9.17, 15) is 9.59 Å². The molecule has 3 aliphatic heterocycles. The second-order valence-corrected chi connectivity index (χ2v) is 7.33. The molecule has 3 aliphatic rings. The van der Waals surface area contributed by atoms with Crippen LogP contribution in [-0.4, -0.2) is 72.4 Å². The molecular weight excluding hydrogens is 282 g/mol. The SMILES string of the molecule is CN1CCN2C[C@@H](NC(=O)C3=CC(=O)CC(C)(C)O3)C[C@H]2C1. The molecular formula is C16H25N3O3. The second kappa shape index (κ2) is 5.66. The van der Waals surface area contributed by atoms with Gasteiger partial charge in [-0.25, -0.2) is 0 Å². The van der Waals surface area contributed by atoms with Crippen molar-refractivity contribution in [3.8, 4) is 0 Å². The fourth-order valence-electron chi connectivity index (χ4n) is 3.65. The first-order valence-electron chi connectivity index (χ1n) is 7.99. The van der Waals surface area contributed by atoms with E-state index >= 15 is 0 Å². The van der Waals surface area contributed by atoms with E-state index in [1.54, 1.807) is 0 Å². The van der Waals surface area contributed by atoms with Crippen molar-refractivity contribution in [3.63, 3.8) is 0 Å². The van der Waals surface area contributed by atoms with Crippen LogP contribution >= 0.6 is 0 Å². The highest BCUT2D eigenvalue weighted by Gasteiger charge is 2.37. The van der Waals surface area contributed by atoms with Gasteiger partial charge in [0.2, 0.25) is 0 Å². The molecule has 122 valence electrons. The summed E-state index contributed by atoms with van der Waals surface area (Å²) in [5, 5.41) is 3.03. The van der Waals surface area contributed by atoms with Crippen LogP contribution in [0.2, 0.25) is 0 Å². The summed E-state index contributed by atoms with van der Waals surface area (Å²) in [5.41, 5.74) is -0.603. The van der Waals surface area contributed by atoms with Crippen molar-refractivity contribution < 1.29 is 14.3 Å². The minimum atomic E-state index is -0.603. The van der Waals surface area contributed by atoms with Crippen LogP contribution in [0.15, 0.2) is 11.8 Å². The number of hydrogen-bond donors (Lipinski definition) is 1. The predicted octanol–water partition coefficient (Wildman–Crippen LogP) is 0.143. The third kappa shape index (κ3) is 3.33. The van der Waals surface area contributed by atoms with E-state index in [1.165, 1.54) is 6.08 Å². The normalized spacial score (nSPS) is 32.1. The molecule has 2 saturated heterocycles. The zero-order chi connectivity index (χ0) is 15.9. The fraction of sp³-hybridized carbons (Fsp3) is 0.750. The number of nitrogens with one attached hydrogen (secondary N) is 1. The van der Waals surface area contributed by atoms with Crippen LogP contribution < -0.4 is 5.32 Å². The Balaban J connectivity index is 1.60. The van der Waals surface area contributed by atoms with Gasteiger partial charge in [0.1, 0.15) is 5.60 Å². The zero-order valence-corrected chi connectivity index (χ0v) is 13.6. The summed E-state index contributed by atoms with van der Waals surface area (Å²) in [5.74, 6) is -0.158. The van der Waals surface area contributed by atoms with Crippen LogP contribution in [0, 0.1) is 0 Å². The van der Waals surface area contributed by atoms with Crippen molar-refractivity contribution in [3.05, 3.63) is 11.8 Å². The number of ketones is 1. The minimum absolute atomic E-state index is 0.0492. The lowest BCUT2D eigenvalue weighted by molar-refractivity contribution is -0.131. The van der Waals surface area contributed by atoms with E-state index in [4.69, 9.17) is 4.74 Å². The molecule has 0 spiro atoms. The molecule has 3 rings (SSSR count). The van der Waals surface area contributed by atoms with E-state index in [0.29, 0.717) is 12.5 Å². The van der Waals surface area contributed by atoms with E-state index in [1.807, 2.05) is 13.8 Å². The molecule has 2 fully saturated rings. The molecule has 22 heavy (non-hydrogen) atoms. The Labute approximate surface area is 131 Å². The molecule has 1 N–H and O–H groups in total. The third-order valence-corrected chi connectivity index (χ3v) is 4.66. The van der Waals surface area contributed by atoms with Gasteiger partial charge in [0.05, 0.1) is 0 Å². The average Bonchev–Trinajstić information content (AvgIpc) is 2.77. The number of fused-ring (bicyclic) bond motifs is 1. The highest BCUT2D eigenvalue weighted by molar-refractivity contribution is 6.01. The number of likely N-dealkylation sites (N-methyl/N-ethyl adjacent to an activating group) is 1. The lowest BCUT2D eigenvalue weighted by Crippen LogP contribution is -2.48. The van der Waals surface area contributed by atoms with Crippen molar-refractivity contribution in [2.75, 3.05) is 33.2 Å². The number of piperazine rings is 1. The summed E-state index contributed by atoms with van der Waals surface area (Å²) in [6.45, 7) is 7.73. The van der Waals surface area contributed by atoms with Gasteiger partial charge in [-0.15, -0.1) is 0 Å². The van der Waals surface area contributed by atoms with Crippen molar-refractivity contribution in [2.45, 2.75) is 44.4 Å². The van der Waals surface area contributed by atoms with Gasteiger partial charge in [-0.2, -0.15) is 0 Å². The average molecular weight is 307 g/mol. The van der Waals surface area contributed by atoms with Crippen LogP contribution in [0.1, 0.15) is 26.7 Å². The molecule has 0 aromatic carbocycles. The summed E-state index contributed by atoms with van der Waals surface area (Å²) < 4.78 is 5.66. The molecule has 6 heteroatoms. The van der Waals surface area contributed by atoms with Crippen LogP contribution in [0.5, 0.6) is 0 Å². The number of rotatable bonds is 2. The monoisotopic (exact) mass is 307 g/mol. The topological polar surface area (TPSA) is 61.9 Å². The first kappa shape index (κ1) is 15.5. The van der Waals surface area contributed by atoms with E-state index in [0.717, 1.165) is 32.6 Å². The highest BCUT2D eigenvalue weighted by Crippen LogP contribution is 2.26. The number of nitrogens with zero attached hydrogens (tertiary/aromatic N) is 2. The quantitative estimate of drug-likeness (QED) is 0.786. The Kier molecular flexibility index (Phi) is 3.99. The van der Waals surface area contributed by atoms with Crippen molar-refractivity contribution >= 4 is 11.7 Å². The van der Waals surface area contributed by atoms with Crippen LogP contribution in [0.25, 0.3) is 0 Å². The molecule has 0 bridgehead atoms. The lowest BCUT2D eigenvalue weighted by atomic mass is 9.98. The molecule has 2 atom stereocenters. The minimum Gasteiger partial charge on any atom is -0.482 e. The number of ether oxygens (including phenoxy) is 1. The lowest BCUT2D eigenvalue weighted by Gasteiger charge is -2.34. The van der Waals surface area contributed by atoms with Crippen LogP contribution in [0.3, 0.4) is 0 Å². The maximum atomic E-state index is 12.4. The van der Waals surface area contributed by atoms with Crippen molar-refractivity contribution in [2.24, 2.45) is 0 Å². The number of carbonyl (C=O) groups is 2. The summed E-state index contributed by atoms with van der Waals surface area (Å²) in [7, 11) is 2.14. The van der Waals surface area contributed by atoms with E-state index in [2.05, 4.69) is 22.2 Å². The predicted molar refractivity (Wildman–Crippen MR) is 82.3 cm³/mol. The maximum Gasteiger partial charge on any atom is 0.286 e. The van der Waals surface area contributed by atoms with E-state index in [-0.39, 0.29) is 23.5 Å². The molecule has 0 aromatic heterocycles. The van der Waals surface area contributed by atoms with Gasteiger partial charge < -0.3 is 15.0 Å². The second-order valence-electron chi connectivity index (χ2n) is 7.33. The summed E-state index contributed by atoms with van der Waals surface area (Å²) in [4.78, 5) is 28.9. The summed E-state index contributed by atoms with van der Waals surface area (Å²) in [6.07, 6.45) is 2.60. The Bertz CT molecular complexity index is 515. The molecule has 0 radical (unpaired) electrons. The zero-order valence-electron chi connectivity index (χ0n) is 13.6. The Morgan fingerprint density at radius 3 is 2.86 bits per heavy atom. The number of hydrogen-bond acceptors (Lipinski definition) is 5. The molecule has 0 saturated carbocycles. The standard InChI is InChI=1S/C16H25N3O3/c1-16(2)8-13(20)7-14(22-16)15(21)17-11-6-12-10-18(3)4-5-19(12)9-11/h7,11-12H,4-6,8-10H2,1-3H3,(H,17,21)/t11-,12-/m0/s1. The van der Waals surface area contributed by atoms with Gasteiger partial charge in [-0.3, -0.25) is 14.5 Å². The summed E-state index contributed by atoms with van der Waals surface area (Å²) in [6, 6.07) is 0.650. The Hall–Kier alpha value is -1.40. The fourth-order valence-corrected chi connectivity index (χ4v) is 3.65.